The summed E-state index contributed by atoms with van der Waals surface area (Å²) in [4.78, 5) is 25.8. The number of halogens is 1. The molecular formula is C18H26FN3O3. The maximum absolute atomic E-state index is 13.5. The minimum absolute atomic E-state index is 0.00330. The average molecular weight is 351 g/mol. The lowest BCUT2D eigenvalue weighted by Gasteiger charge is -2.36. The van der Waals surface area contributed by atoms with Gasteiger partial charge < -0.3 is 20.7 Å². The van der Waals surface area contributed by atoms with Gasteiger partial charge in [0.15, 0.2) is 11.6 Å². The lowest BCUT2D eigenvalue weighted by Crippen LogP contribution is -2.49. The Bertz CT molecular complexity index is 582. The molecule has 7 heteroatoms. The first-order valence-electron chi connectivity index (χ1n) is 8.75. The molecule has 3 N–H and O–H groups in total. The van der Waals surface area contributed by atoms with Crippen LogP contribution in [-0.4, -0.2) is 49.0 Å². The maximum Gasteiger partial charge on any atom is 0.226 e. The smallest absolute Gasteiger partial charge is 0.226 e. The molecule has 2 rings (SSSR count). The zero-order valence-corrected chi connectivity index (χ0v) is 14.4. The third-order valence-electron chi connectivity index (χ3n) is 4.26. The summed E-state index contributed by atoms with van der Waals surface area (Å²) in [6.07, 6.45) is 3.32. The first kappa shape index (κ1) is 19.2. The highest BCUT2D eigenvalue weighted by Gasteiger charge is 2.26. The molecule has 0 saturated carbocycles. The fourth-order valence-corrected chi connectivity index (χ4v) is 2.95. The monoisotopic (exact) mass is 351 g/mol. The van der Waals surface area contributed by atoms with E-state index in [1.165, 1.54) is 12.1 Å². The fourth-order valence-electron chi connectivity index (χ4n) is 2.95. The minimum Gasteiger partial charge on any atom is -0.490 e. The van der Waals surface area contributed by atoms with Crippen LogP contribution in [0, 0.1) is 5.82 Å². The van der Waals surface area contributed by atoms with Crippen LogP contribution in [0.4, 0.5) is 4.39 Å². The summed E-state index contributed by atoms with van der Waals surface area (Å²) >= 11 is 0. The highest BCUT2D eigenvalue weighted by Crippen LogP contribution is 2.19. The van der Waals surface area contributed by atoms with E-state index in [4.69, 9.17) is 10.5 Å². The van der Waals surface area contributed by atoms with Crippen molar-refractivity contribution < 1.29 is 18.7 Å². The number of likely N-dealkylation sites (tertiary alicyclic amines) is 1. The number of carbonyl (C=O) groups excluding carboxylic acids is 2. The number of amides is 2. The number of hydrogen-bond donors (Lipinski definition) is 2. The molecule has 0 radical (unpaired) electrons. The molecule has 1 aliphatic rings. The predicted molar refractivity (Wildman–Crippen MR) is 92.5 cm³/mol. The molecule has 1 fully saturated rings. The van der Waals surface area contributed by atoms with Crippen molar-refractivity contribution in [3.8, 4) is 5.75 Å². The Morgan fingerprint density at radius 3 is 2.84 bits per heavy atom. The number of benzene rings is 1. The molecule has 1 heterocycles. The van der Waals surface area contributed by atoms with E-state index in [1.54, 1.807) is 17.0 Å². The molecule has 1 aromatic rings. The van der Waals surface area contributed by atoms with Gasteiger partial charge in [-0.05, 0) is 31.4 Å². The highest BCUT2D eigenvalue weighted by molar-refractivity contribution is 5.78. The van der Waals surface area contributed by atoms with Gasteiger partial charge in [-0.25, -0.2) is 4.39 Å². The standard InChI is InChI=1S/C18H26FN3O3/c19-15-6-1-2-7-16(15)25-12-9-18(24)22-11-4-3-5-14(22)13-21-17(23)8-10-20/h1-2,6-7,14H,3-5,8-13,20H2,(H,21,23). The van der Waals surface area contributed by atoms with Crippen LogP contribution in [0.1, 0.15) is 32.1 Å². The van der Waals surface area contributed by atoms with Gasteiger partial charge in [0.2, 0.25) is 11.8 Å². The summed E-state index contributed by atoms with van der Waals surface area (Å²) in [6.45, 7) is 1.56. The van der Waals surface area contributed by atoms with Gasteiger partial charge in [0, 0.05) is 32.1 Å². The number of nitrogens with two attached hydrogens (primary N) is 1. The summed E-state index contributed by atoms with van der Waals surface area (Å²) in [5.41, 5.74) is 5.36. The molecule has 1 saturated heterocycles. The molecule has 1 unspecified atom stereocenters. The number of para-hydroxylation sites is 1. The van der Waals surface area contributed by atoms with E-state index < -0.39 is 5.82 Å². The molecule has 0 spiro atoms. The van der Waals surface area contributed by atoms with Gasteiger partial charge in [0.05, 0.1) is 13.0 Å². The molecule has 1 aromatic carbocycles. The fraction of sp³-hybridized carbons (Fsp3) is 0.556. The van der Waals surface area contributed by atoms with Gasteiger partial charge in [-0.1, -0.05) is 12.1 Å². The summed E-state index contributed by atoms with van der Waals surface area (Å²) in [6, 6.07) is 6.13. The van der Waals surface area contributed by atoms with Crippen LogP contribution in [-0.2, 0) is 9.59 Å². The molecule has 0 bridgehead atoms. The molecule has 25 heavy (non-hydrogen) atoms. The summed E-state index contributed by atoms with van der Waals surface area (Å²) < 4.78 is 18.9. The first-order chi connectivity index (χ1) is 12.1. The lowest BCUT2D eigenvalue weighted by atomic mass is 10.0. The Kier molecular flexibility index (Phi) is 7.66. The van der Waals surface area contributed by atoms with Crippen LogP contribution >= 0.6 is 0 Å². The predicted octanol–water partition coefficient (Wildman–Crippen LogP) is 1.44. The molecular weight excluding hydrogens is 325 g/mol. The van der Waals surface area contributed by atoms with Crippen LogP contribution in [0.2, 0.25) is 0 Å². The number of carbonyl (C=O) groups is 2. The summed E-state index contributed by atoms with van der Waals surface area (Å²) in [7, 11) is 0. The Hall–Kier alpha value is -2.15. The van der Waals surface area contributed by atoms with E-state index in [0.29, 0.717) is 19.6 Å². The largest absolute Gasteiger partial charge is 0.490 e. The number of nitrogens with zero attached hydrogens (tertiary/aromatic N) is 1. The zero-order chi connectivity index (χ0) is 18.1. The van der Waals surface area contributed by atoms with E-state index in [0.717, 1.165) is 19.3 Å². The zero-order valence-electron chi connectivity index (χ0n) is 14.4. The molecule has 0 aromatic heterocycles. The second kappa shape index (κ2) is 9.98. The van der Waals surface area contributed by atoms with Crippen molar-refractivity contribution in [2.45, 2.75) is 38.1 Å². The quantitative estimate of drug-likeness (QED) is 0.742. The van der Waals surface area contributed by atoms with E-state index in [2.05, 4.69) is 5.32 Å². The third-order valence-corrected chi connectivity index (χ3v) is 4.26. The number of ether oxygens (including phenoxy) is 1. The second-order valence-electron chi connectivity index (χ2n) is 6.11. The molecule has 2 amide bonds. The normalized spacial score (nSPS) is 17.2. The third kappa shape index (κ3) is 6.01. The number of rotatable bonds is 8. The van der Waals surface area contributed by atoms with Crippen LogP contribution < -0.4 is 15.8 Å². The van der Waals surface area contributed by atoms with E-state index in [-0.39, 0.29) is 43.1 Å². The Morgan fingerprint density at radius 1 is 1.28 bits per heavy atom. The van der Waals surface area contributed by atoms with Crippen molar-refractivity contribution in [2.75, 3.05) is 26.2 Å². The number of nitrogens with one attached hydrogen (secondary N) is 1. The van der Waals surface area contributed by atoms with Gasteiger partial charge in [0.1, 0.15) is 0 Å². The van der Waals surface area contributed by atoms with Crippen molar-refractivity contribution in [1.82, 2.24) is 10.2 Å². The van der Waals surface area contributed by atoms with Crippen LogP contribution in [0.15, 0.2) is 24.3 Å². The van der Waals surface area contributed by atoms with Crippen LogP contribution in [0.3, 0.4) is 0 Å². The van der Waals surface area contributed by atoms with Gasteiger partial charge >= 0.3 is 0 Å². The Morgan fingerprint density at radius 2 is 2.08 bits per heavy atom. The molecule has 1 atom stereocenters. The topological polar surface area (TPSA) is 84.7 Å². The minimum atomic E-state index is -0.437. The Balaban J connectivity index is 1.81. The summed E-state index contributed by atoms with van der Waals surface area (Å²) in [5, 5.41) is 2.83. The maximum atomic E-state index is 13.5. The SMILES string of the molecule is NCCC(=O)NCC1CCCCN1C(=O)CCOc1ccccc1F. The lowest BCUT2D eigenvalue weighted by molar-refractivity contribution is -0.136. The van der Waals surface area contributed by atoms with Crippen molar-refractivity contribution in [3.05, 3.63) is 30.1 Å². The highest BCUT2D eigenvalue weighted by atomic mass is 19.1. The van der Waals surface area contributed by atoms with Gasteiger partial charge in [-0.15, -0.1) is 0 Å². The van der Waals surface area contributed by atoms with Gasteiger partial charge in [-0.2, -0.15) is 0 Å². The van der Waals surface area contributed by atoms with Crippen molar-refractivity contribution >= 4 is 11.8 Å². The second-order valence-corrected chi connectivity index (χ2v) is 6.11. The van der Waals surface area contributed by atoms with E-state index in [1.807, 2.05) is 0 Å². The van der Waals surface area contributed by atoms with Crippen LogP contribution in [0.25, 0.3) is 0 Å². The van der Waals surface area contributed by atoms with E-state index >= 15 is 0 Å². The molecule has 1 aliphatic heterocycles. The van der Waals surface area contributed by atoms with Crippen molar-refractivity contribution in [2.24, 2.45) is 5.73 Å². The number of hydrogen-bond acceptors (Lipinski definition) is 4. The van der Waals surface area contributed by atoms with Crippen molar-refractivity contribution in [1.29, 1.82) is 0 Å². The molecule has 6 nitrogen and oxygen atoms in total. The van der Waals surface area contributed by atoms with E-state index in [9.17, 15) is 14.0 Å². The van der Waals surface area contributed by atoms with Gasteiger partial charge in [-0.3, -0.25) is 9.59 Å². The Labute approximate surface area is 147 Å². The van der Waals surface area contributed by atoms with Crippen LogP contribution in [0.5, 0.6) is 5.75 Å². The molecule has 138 valence electrons. The first-order valence-corrected chi connectivity index (χ1v) is 8.75. The van der Waals surface area contributed by atoms with Crippen molar-refractivity contribution in [3.63, 3.8) is 0 Å². The summed E-state index contributed by atoms with van der Waals surface area (Å²) in [5.74, 6) is -0.412. The number of piperidine rings is 1. The average Bonchev–Trinajstić information content (AvgIpc) is 2.62. The molecule has 0 aliphatic carbocycles. The van der Waals surface area contributed by atoms with Gasteiger partial charge in [0.25, 0.3) is 0 Å².